The van der Waals surface area contributed by atoms with Gasteiger partial charge in [-0.1, -0.05) is 0 Å². The van der Waals surface area contributed by atoms with E-state index in [2.05, 4.69) is 22.2 Å². The van der Waals surface area contributed by atoms with Crippen molar-refractivity contribution in [3.05, 3.63) is 0 Å². The summed E-state index contributed by atoms with van der Waals surface area (Å²) in [6.45, 7) is 3.21. The summed E-state index contributed by atoms with van der Waals surface area (Å²) in [5.74, 6) is 5.76. The van der Waals surface area contributed by atoms with E-state index in [0.29, 0.717) is 5.96 Å². The molecule has 0 aromatic rings. The fourth-order valence-corrected chi connectivity index (χ4v) is 0.357. The van der Waals surface area contributed by atoms with Crippen molar-refractivity contribution in [2.45, 2.75) is 0 Å². The molecular formula is C4H11N5. The predicted molar refractivity (Wildman–Crippen MR) is 38.0 cm³/mol. The SMILES string of the molecule is C=NNC(=NC)N(C)N. The highest BCUT2D eigenvalue weighted by atomic mass is 15.5. The Morgan fingerprint density at radius 1 is 1.78 bits per heavy atom. The maximum atomic E-state index is 5.29. The zero-order valence-corrected chi connectivity index (χ0v) is 5.63. The second-order valence-corrected chi connectivity index (χ2v) is 1.43. The lowest BCUT2D eigenvalue weighted by Gasteiger charge is -2.11. The smallest absolute Gasteiger partial charge is 0.228 e. The Labute approximate surface area is 54.2 Å². The van der Waals surface area contributed by atoms with Crippen LogP contribution < -0.4 is 11.3 Å². The summed E-state index contributed by atoms with van der Waals surface area (Å²) in [4.78, 5) is 3.75. The summed E-state index contributed by atoms with van der Waals surface area (Å²) in [5.41, 5.74) is 2.50. The van der Waals surface area contributed by atoms with E-state index in [1.165, 1.54) is 5.01 Å². The number of hydrazone groups is 1. The van der Waals surface area contributed by atoms with Gasteiger partial charge in [0.1, 0.15) is 0 Å². The third-order valence-corrected chi connectivity index (χ3v) is 0.725. The molecule has 0 bridgehead atoms. The van der Waals surface area contributed by atoms with Gasteiger partial charge in [0.05, 0.1) is 0 Å². The Morgan fingerprint density at radius 3 is 2.44 bits per heavy atom. The number of guanidine groups is 1. The third kappa shape index (κ3) is 2.65. The highest BCUT2D eigenvalue weighted by Crippen LogP contribution is 1.71. The van der Waals surface area contributed by atoms with Crippen molar-refractivity contribution in [1.82, 2.24) is 10.4 Å². The van der Waals surface area contributed by atoms with Gasteiger partial charge in [0.25, 0.3) is 0 Å². The summed E-state index contributed by atoms with van der Waals surface area (Å²) in [7, 11) is 3.26. The average molecular weight is 129 g/mol. The topological polar surface area (TPSA) is 66.0 Å². The Morgan fingerprint density at radius 2 is 2.33 bits per heavy atom. The third-order valence-electron chi connectivity index (χ3n) is 0.725. The van der Waals surface area contributed by atoms with Gasteiger partial charge >= 0.3 is 0 Å². The first-order valence-corrected chi connectivity index (χ1v) is 2.39. The van der Waals surface area contributed by atoms with E-state index in [4.69, 9.17) is 5.84 Å². The van der Waals surface area contributed by atoms with Crippen LogP contribution in [0.15, 0.2) is 10.1 Å². The molecule has 0 spiro atoms. The fraction of sp³-hybridized carbons (Fsp3) is 0.500. The highest BCUT2D eigenvalue weighted by Gasteiger charge is 1.94. The molecule has 0 heterocycles. The molecule has 9 heavy (non-hydrogen) atoms. The van der Waals surface area contributed by atoms with Crippen LogP contribution in [0.1, 0.15) is 0 Å². The van der Waals surface area contributed by atoms with Gasteiger partial charge in [0.2, 0.25) is 5.96 Å². The van der Waals surface area contributed by atoms with Crippen LogP contribution in [0.25, 0.3) is 0 Å². The van der Waals surface area contributed by atoms with Gasteiger partial charge in [0, 0.05) is 20.8 Å². The van der Waals surface area contributed by atoms with E-state index in [1.54, 1.807) is 14.1 Å². The van der Waals surface area contributed by atoms with Gasteiger partial charge in [-0.3, -0.25) is 10.0 Å². The summed E-state index contributed by atoms with van der Waals surface area (Å²) in [6, 6.07) is 0. The summed E-state index contributed by atoms with van der Waals surface area (Å²) >= 11 is 0. The molecule has 0 aliphatic heterocycles. The van der Waals surface area contributed by atoms with Crippen molar-refractivity contribution in [3.63, 3.8) is 0 Å². The zero-order valence-electron chi connectivity index (χ0n) is 5.63. The largest absolute Gasteiger partial charge is 0.283 e. The number of nitrogens with two attached hydrogens (primary N) is 1. The van der Waals surface area contributed by atoms with Crippen LogP contribution in [-0.4, -0.2) is 31.8 Å². The molecule has 0 saturated heterocycles. The molecule has 0 unspecified atom stereocenters. The van der Waals surface area contributed by atoms with E-state index in [-0.39, 0.29) is 0 Å². The van der Waals surface area contributed by atoms with Gasteiger partial charge < -0.3 is 0 Å². The molecule has 5 heteroatoms. The molecular weight excluding hydrogens is 118 g/mol. The van der Waals surface area contributed by atoms with Crippen LogP contribution in [0, 0.1) is 0 Å². The van der Waals surface area contributed by atoms with Crippen LogP contribution in [0.5, 0.6) is 0 Å². The number of hydrogen-bond donors (Lipinski definition) is 2. The molecule has 5 nitrogen and oxygen atoms in total. The molecule has 0 amide bonds. The molecule has 0 aliphatic carbocycles. The Kier molecular flexibility index (Phi) is 3.38. The van der Waals surface area contributed by atoms with Crippen LogP contribution in [0.2, 0.25) is 0 Å². The van der Waals surface area contributed by atoms with Crippen molar-refractivity contribution in [3.8, 4) is 0 Å². The van der Waals surface area contributed by atoms with Gasteiger partial charge in [-0.25, -0.2) is 11.3 Å². The molecule has 0 fully saturated rings. The molecule has 0 aliphatic rings. The number of hydrogen-bond acceptors (Lipinski definition) is 3. The van der Waals surface area contributed by atoms with Crippen LogP contribution >= 0.6 is 0 Å². The summed E-state index contributed by atoms with van der Waals surface area (Å²) in [6.07, 6.45) is 0. The quantitative estimate of drug-likeness (QED) is 0.206. The van der Waals surface area contributed by atoms with Gasteiger partial charge in [-0.05, 0) is 0 Å². The van der Waals surface area contributed by atoms with Crippen molar-refractivity contribution < 1.29 is 0 Å². The standard InChI is InChI=1S/C4H11N5/c1-6-4(8-7-2)9(3)5/h2,5H2,1,3H3,(H,6,8). The van der Waals surface area contributed by atoms with Gasteiger partial charge in [0.15, 0.2) is 0 Å². The summed E-state index contributed by atoms with van der Waals surface area (Å²) < 4.78 is 0. The number of hydrazine groups is 1. The normalized spacial score (nSPS) is 10.8. The van der Waals surface area contributed by atoms with E-state index in [0.717, 1.165) is 0 Å². The first kappa shape index (κ1) is 7.90. The Balaban J connectivity index is 3.84. The maximum Gasteiger partial charge on any atom is 0.228 e. The maximum absolute atomic E-state index is 5.29. The number of nitrogens with zero attached hydrogens (tertiary/aromatic N) is 3. The van der Waals surface area contributed by atoms with Crippen molar-refractivity contribution >= 4 is 12.7 Å². The van der Waals surface area contributed by atoms with Gasteiger partial charge in [-0.2, -0.15) is 5.10 Å². The van der Waals surface area contributed by atoms with Gasteiger partial charge in [-0.15, -0.1) is 0 Å². The van der Waals surface area contributed by atoms with Crippen molar-refractivity contribution in [2.24, 2.45) is 15.9 Å². The lowest BCUT2D eigenvalue weighted by molar-refractivity contribution is 0.514. The van der Waals surface area contributed by atoms with Crippen molar-refractivity contribution in [2.75, 3.05) is 14.1 Å². The molecule has 52 valence electrons. The first-order valence-electron chi connectivity index (χ1n) is 2.39. The Hall–Kier alpha value is -1.10. The molecule has 0 radical (unpaired) electrons. The monoisotopic (exact) mass is 129 g/mol. The number of aliphatic imine (C=N–C) groups is 1. The minimum absolute atomic E-state index is 0.477. The first-order chi connectivity index (χ1) is 4.22. The summed E-state index contributed by atoms with van der Waals surface area (Å²) in [5, 5.41) is 4.69. The van der Waals surface area contributed by atoms with Crippen LogP contribution in [0.3, 0.4) is 0 Å². The fourth-order valence-electron chi connectivity index (χ4n) is 0.357. The Bertz CT molecular complexity index is 116. The molecule has 0 aromatic carbocycles. The minimum atomic E-state index is 0.477. The number of nitrogens with one attached hydrogen (secondary N) is 1. The van der Waals surface area contributed by atoms with Crippen molar-refractivity contribution in [1.29, 1.82) is 0 Å². The lowest BCUT2D eigenvalue weighted by atomic mass is 10.9. The van der Waals surface area contributed by atoms with E-state index < -0.39 is 0 Å². The van der Waals surface area contributed by atoms with E-state index >= 15 is 0 Å². The van der Waals surface area contributed by atoms with E-state index in [9.17, 15) is 0 Å². The highest BCUT2D eigenvalue weighted by molar-refractivity contribution is 5.78. The number of rotatable bonds is 1. The molecule has 0 saturated carbocycles. The minimum Gasteiger partial charge on any atom is -0.283 e. The van der Waals surface area contributed by atoms with E-state index in [1.807, 2.05) is 0 Å². The average Bonchev–Trinajstić information content (AvgIpc) is 1.82. The predicted octanol–water partition coefficient (Wildman–Crippen LogP) is -1.02. The molecule has 0 atom stereocenters. The molecule has 0 rings (SSSR count). The second kappa shape index (κ2) is 3.85. The second-order valence-electron chi connectivity index (χ2n) is 1.43. The lowest BCUT2D eigenvalue weighted by Crippen LogP contribution is -2.40. The van der Waals surface area contributed by atoms with Crippen LogP contribution in [-0.2, 0) is 0 Å². The molecule has 3 N–H and O–H groups in total. The molecule has 0 aromatic heterocycles. The zero-order chi connectivity index (χ0) is 7.28. The van der Waals surface area contributed by atoms with Crippen LogP contribution in [0.4, 0.5) is 0 Å².